The highest BCUT2D eigenvalue weighted by Gasteiger charge is 2.32. The molecular weight excluding hydrogens is 371 g/mol. The van der Waals surface area contributed by atoms with Crippen molar-refractivity contribution in [1.82, 2.24) is 4.90 Å². The van der Waals surface area contributed by atoms with Gasteiger partial charge in [0.15, 0.2) is 3.84 Å². The second kappa shape index (κ2) is 3.62. The number of amidine groups is 1. The van der Waals surface area contributed by atoms with Crippen molar-refractivity contribution in [3.63, 3.8) is 0 Å². The molecule has 0 bridgehead atoms. The molecule has 0 N–H and O–H groups in total. The van der Waals surface area contributed by atoms with Crippen molar-refractivity contribution in [1.29, 1.82) is 0 Å². The fraction of sp³-hybridized carbons (Fsp3) is 0.300. The minimum absolute atomic E-state index is 0.697. The van der Waals surface area contributed by atoms with Gasteiger partial charge in [0.1, 0.15) is 6.61 Å². The zero-order chi connectivity index (χ0) is 10.4. The average molecular weight is 379 g/mol. The van der Waals surface area contributed by atoms with E-state index in [9.17, 15) is 0 Å². The molecule has 0 amide bonds. The van der Waals surface area contributed by atoms with Gasteiger partial charge < -0.3 is 9.64 Å². The summed E-state index contributed by atoms with van der Waals surface area (Å²) in [7, 11) is 0. The molecular formula is C10H8BrIN2O. The molecule has 3 nitrogen and oxygen atoms in total. The maximum Gasteiger partial charge on any atom is 0.171 e. The molecule has 0 saturated heterocycles. The van der Waals surface area contributed by atoms with Gasteiger partial charge in [0.25, 0.3) is 0 Å². The number of halogens is 2. The van der Waals surface area contributed by atoms with Crippen LogP contribution in [0, 0.1) is 0 Å². The van der Waals surface area contributed by atoms with Crippen LogP contribution in [0.25, 0.3) is 0 Å². The Hall–Kier alpha value is -0.300. The Morgan fingerprint density at radius 3 is 3.27 bits per heavy atom. The quantitative estimate of drug-likeness (QED) is 0.478. The Morgan fingerprint density at radius 1 is 1.53 bits per heavy atom. The summed E-state index contributed by atoms with van der Waals surface area (Å²) >= 11 is 5.79. The van der Waals surface area contributed by atoms with Gasteiger partial charge >= 0.3 is 0 Å². The lowest BCUT2D eigenvalue weighted by atomic mass is 10.1. The fourth-order valence-electron chi connectivity index (χ4n) is 2.03. The average Bonchev–Trinajstić information content (AvgIpc) is 2.57. The van der Waals surface area contributed by atoms with Crippen molar-refractivity contribution < 1.29 is 4.74 Å². The highest BCUT2D eigenvalue weighted by Crippen LogP contribution is 2.39. The zero-order valence-electron chi connectivity index (χ0n) is 7.83. The van der Waals surface area contributed by atoms with Gasteiger partial charge in [0, 0.05) is 18.3 Å². The molecule has 0 spiro atoms. The van der Waals surface area contributed by atoms with Crippen LogP contribution in [-0.4, -0.2) is 21.9 Å². The first kappa shape index (κ1) is 9.89. The molecule has 0 atom stereocenters. The lowest BCUT2D eigenvalue weighted by Gasteiger charge is -2.25. The van der Waals surface area contributed by atoms with Crippen LogP contribution in [0.4, 0.5) is 0 Å². The normalized spacial score (nSPS) is 23.9. The molecule has 0 fully saturated rings. The van der Waals surface area contributed by atoms with Crippen LogP contribution < -0.4 is 0 Å². The van der Waals surface area contributed by atoms with Crippen LogP contribution in [0.1, 0.15) is 6.42 Å². The van der Waals surface area contributed by atoms with Crippen molar-refractivity contribution in [2.24, 2.45) is 4.99 Å². The van der Waals surface area contributed by atoms with Crippen molar-refractivity contribution in [2.45, 2.75) is 6.42 Å². The number of hydrogen-bond acceptors (Lipinski definition) is 3. The Bertz CT molecular complexity index is 450. The van der Waals surface area contributed by atoms with Gasteiger partial charge in [-0.25, -0.2) is 4.99 Å². The van der Waals surface area contributed by atoms with E-state index < -0.39 is 0 Å². The molecule has 0 aromatic heterocycles. The smallest absolute Gasteiger partial charge is 0.171 e. The maximum absolute atomic E-state index is 5.48. The lowest BCUT2D eigenvalue weighted by Crippen LogP contribution is -2.26. The third-order valence-electron chi connectivity index (χ3n) is 2.72. The summed E-state index contributed by atoms with van der Waals surface area (Å²) in [5.74, 6) is 0. The zero-order valence-corrected chi connectivity index (χ0v) is 11.6. The summed E-state index contributed by atoms with van der Waals surface area (Å²) < 4.78 is 7.50. The van der Waals surface area contributed by atoms with E-state index in [1.165, 1.54) is 11.3 Å². The summed E-state index contributed by atoms with van der Waals surface area (Å²) in [6, 6.07) is 0. The molecule has 3 aliphatic heterocycles. The lowest BCUT2D eigenvalue weighted by molar-refractivity contribution is 0.279. The first-order chi connectivity index (χ1) is 7.27. The Labute approximate surface area is 110 Å². The fourth-order valence-corrected chi connectivity index (χ4v) is 3.08. The van der Waals surface area contributed by atoms with E-state index in [4.69, 9.17) is 4.74 Å². The third kappa shape index (κ3) is 1.47. The predicted molar refractivity (Wildman–Crippen MR) is 70.8 cm³/mol. The Balaban J connectivity index is 2.19. The summed E-state index contributed by atoms with van der Waals surface area (Å²) in [6.45, 7) is 1.72. The molecule has 0 aliphatic carbocycles. The van der Waals surface area contributed by atoms with Crippen LogP contribution in [0.2, 0.25) is 0 Å². The van der Waals surface area contributed by atoms with E-state index in [2.05, 4.69) is 48.4 Å². The first-order valence-electron chi connectivity index (χ1n) is 4.68. The van der Waals surface area contributed by atoms with Crippen LogP contribution in [0.3, 0.4) is 0 Å². The molecule has 78 valence electrons. The first-order valence-corrected chi connectivity index (χ1v) is 6.55. The van der Waals surface area contributed by atoms with E-state index in [-0.39, 0.29) is 0 Å². The summed E-state index contributed by atoms with van der Waals surface area (Å²) in [6.07, 6.45) is 4.74. The van der Waals surface area contributed by atoms with E-state index in [0.717, 1.165) is 26.9 Å². The van der Waals surface area contributed by atoms with Crippen molar-refractivity contribution in [3.05, 3.63) is 33.8 Å². The number of nitrogens with zero attached hydrogens (tertiary/aromatic N) is 2. The summed E-state index contributed by atoms with van der Waals surface area (Å²) in [5, 5.41) is 0. The molecule has 0 aromatic carbocycles. The van der Waals surface area contributed by atoms with Crippen LogP contribution in [-0.2, 0) is 4.74 Å². The molecule has 0 saturated carbocycles. The van der Waals surface area contributed by atoms with Crippen LogP contribution in [0.15, 0.2) is 38.8 Å². The number of aliphatic imine (C=N–C) groups is 1. The van der Waals surface area contributed by atoms with Crippen molar-refractivity contribution >= 4 is 42.4 Å². The van der Waals surface area contributed by atoms with Crippen LogP contribution in [0.5, 0.6) is 0 Å². The Kier molecular flexibility index (Phi) is 2.39. The van der Waals surface area contributed by atoms with Crippen molar-refractivity contribution in [3.8, 4) is 0 Å². The van der Waals surface area contributed by atoms with E-state index in [1.807, 2.05) is 6.20 Å². The number of rotatable bonds is 0. The summed E-state index contributed by atoms with van der Waals surface area (Å²) in [4.78, 5) is 6.65. The number of ether oxygens (including phenoxy) is 1. The topological polar surface area (TPSA) is 24.8 Å². The highest BCUT2D eigenvalue weighted by atomic mass is 127. The number of hydrogen-bond donors (Lipinski definition) is 0. The monoisotopic (exact) mass is 378 g/mol. The third-order valence-corrected chi connectivity index (χ3v) is 4.20. The van der Waals surface area contributed by atoms with E-state index >= 15 is 0 Å². The minimum atomic E-state index is 0.697. The van der Waals surface area contributed by atoms with Gasteiger partial charge in [-0.1, -0.05) is 0 Å². The van der Waals surface area contributed by atoms with E-state index in [1.54, 1.807) is 6.26 Å². The van der Waals surface area contributed by atoms with E-state index in [0.29, 0.717) is 6.61 Å². The van der Waals surface area contributed by atoms with Crippen molar-refractivity contribution in [2.75, 3.05) is 13.2 Å². The highest BCUT2D eigenvalue weighted by molar-refractivity contribution is 14.1. The van der Waals surface area contributed by atoms with Gasteiger partial charge in [-0.3, -0.25) is 0 Å². The summed E-state index contributed by atoms with van der Waals surface area (Å²) in [5.41, 5.74) is 3.80. The molecule has 3 rings (SSSR count). The SMILES string of the molecule is BrC1=COCC2=C3C1=CN=C(I)N3CC2. The molecule has 15 heavy (non-hydrogen) atoms. The van der Waals surface area contributed by atoms with Gasteiger partial charge in [-0.05, 0) is 50.5 Å². The molecule has 3 aliphatic rings. The van der Waals surface area contributed by atoms with Gasteiger partial charge in [-0.2, -0.15) is 0 Å². The maximum atomic E-state index is 5.48. The Morgan fingerprint density at radius 2 is 2.40 bits per heavy atom. The minimum Gasteiger partial charge on any atom is -0.496 e. The molecule has 5 heteroatoms. The molecule has 0 unspecified atom stereocenters. The van der Waals surface area contributed by atoms with Crippen LogP contribution >= 0.6 is 38.5 Å². The molecule has 3 heterocycles. The van der Waals surface area contributed by atoms with Gasteiger partial charge in [0.2, 0.25) is 0 Å². The molecule has 0 radical (unpaired) electrons. The van der Waals surface area contributed by atoms with Gasteiger partial charge in [-0.15, -0.1) is 0 Å². The largest absolute Gasteiger partial charge is 0.496 e. The molecule has 0 aromatic rings. The number of allylic oxidation sites excluding steroid dienone is 1. The second-order valence-electron chi connectivity index (χ2n) is 3.57. The van der Waals surface area contributed by atoms with Gasteiger partial charge in [0.05, 0.1) is 16.4 Å². The predicted octanol–water partition coefficient (Wildman–Crippen LogP) is 2.90. The second-order valence-corrected chi connectivity index (χ2v) is 5.39. The standard InChI is InChI=1S/C10H8BrIN2O/c11-8-5-15-4-6-1-2-14-9(6)7(8)3-13-10(14)12/h3,5H,1-2,4H2.